The molecule has 6 heteroatoms. The maximum atomic E-state index is 12.5. The van der Waals surface area contributed by atoms with Crippen LogP contribution >= 0.6 is 0 Å². The van der Waals surface area contributed by atoms with E-state index < -0.39 is 0 Å². The second-order valence-corrected chi connectivity index (χ2v) is 6.62. The van der Waals surface area contributed by atoms with Crippen LogP contribution in [0.2, 0.25) is 0 Å². The minimum atomic E-state index is 0.0236. The summed E-state index contributed by atoms with van der Waals surface area (Å²) in [6.07, 6.45) is 6.58. The van der Waals surface area contributed by atoms with Crippen LogP contribution in [0.15, 0.2) is 24.4 Å². The van der Waals surface area contributed by atoms with Crippen molar-refractivity contribution in [3.63, 3.8) is 0 Å². The van der Waals surface area contributed by atoms with Gasteiger partial charge in [-0.25, -0.2) is 9.48 Å². The number of nitrogens with zero attached hydrogens (tertiary/aromatic N) is 4. The first kappa shape index (κ1) is 14.2. The molecular weight excluding hydrogens is 290 g/mol. The molecule has 2 aliphatic heterocycles. The Labute approximate surface area is 135 Å². The molecular formula is C17H21N5O. The third-order valence-electron chi connectivity index (χ3n) is 4.96. The van der Waals surface area contributed by atoms with E-state index in [2.05, 4.69) is 15.6 Å². The maximum Gasteiger partial charge on any atom is 0.322 e. The van der Waals surface area contributed by atoms with Gasteiger partial charge >= 0.3 is 6.03 Å². The van der Waals surface area contributed by atoms with Gasteiger partial charge < -0.3 is 10.2 Å². The molecule has 1 N–H and O–H groups in total. The molecule has 0 radical (unpaired) electrons. The third kappa shape index (κ3) is 2.48. The van der Waals surface area contributed by atoms with Gasteiger partial charge in [0.15, 0.2) is 0 Å². The van der Waals surface area contributed by atoms with Gasteiger partial charge in [0.25, 0.3) is 0 Å². The summed E-state index contributed by atoms with van der Waals surface area (Å²) in [6.45, 7) is 3.94. The summed E-state index contributed by atoms with van der Waals surface area (Å²) < 4.78 is 1.75. The van der Waals surface area contributed by atoms with Gasteiger partial charge in [-0.2, -0.15) is 0 Å². The Morgan fingerprint density at radius 2 is 2.04 bits per heavy atom. The third-order valence-corrected chi connectivity index (χ3v) is 4.96. The van der Waals surface area contributed by atoms with Gasteiger partial charge in [0.2, 0.25) is 0 Å². The van der Waals surface area contributed by atoms with Gasteiger partial charge in [0.05, 0.1) is 17.6 Å². The number of carbonyl (C=O) groups is 1. The Hall–Kier alpha value is -2.37. The average molecular weight is 311 g/mol. The van der Waals surface area contributed by atoms with Crippen molar-refractivity contribution < 1.29 is 4.79 Å². The number of piperidine rings is 1. The van der Waals surface area contributed by atoms with Gasteiger partial charge in [0.1, 0.15) is 0 Å². The lowest BCUT2D eigenvalue weighted by Gasteiger charge is -2.52. The number of carbonyl (C=O) groups excluding carboxylic acids is 1. The first-order chi connectivity index (χ1) is 11.1. The lowest BCUT2D eigenvalue weighted by Crippen LogP contribution is -2.62. The molecule has 2 aliphatic rings. The fourth-order valence-electron chi connectivity index (χ4n) is 3.72. The first-order valence-electron chi connectivity index (χ1n) is 8.21. The number of nitrogens with one attached hydrogen (secondary N) is 1. The van der Waals surface area contributed by atoms with Crippen molar-refractivity contribution in [1.82, 2.24) is 19.9 Å². The topological polar surface area (TPSA) is 63.1 Å². The van der Waals surface area contributed by atoms with E-state index in [-0.39, 0.29) is 6.03 Å². The number of aryl methyl sites for hydroxylation is 2. The zero-order valence-electron chi connectivity index (χ0n) is 13.5. The Bertz CT molecular complexity index is 739. The van der Waals surface area contributed by atoms with Crippen molar-refractivity contribution in [2.24, 2.45) is 0 Å². The Morgan fingerprint density at radius 3 is 2.70 bits per heavy atom. The minimum absolute atomic E-state index is 0.0236. The molecule has 2 bridgehead atoms. The van der Waals surface area contributed by atoms with Gasteiger partial charge in [-0.15, -0.1) is 5.10 Å². The summed E-state index contributed by atoms with van der Waals surface area (Å²) in [5, 5.41) is 11.2. The quantitative estimate of drug-likeness (QED) is 0.927. The van der Waals surface area contributed by atoms with Crippen molar-refractivity contribution in [3.8, 4) is 5.69 Å². The molecule has 6 nitrogen and oxygen atoms in total. The number of hydrogen-bond donors (Lipinski definition) is 1. The SMILES string of the molecule is Cc1cn(-c2cc(NC(=O)N3C4CCCC3C4)ccc2C)nn1. The van der Waals surface area contributed by atoms with Crippen LogP contribution in [0, 0.1) is 13.8 Å². The predicted molar refractivity (Wildman–Crippen MR) is 87.7 cm³/mol. The van der Waals surface area contributed by atoms with Crippen LogP contribution in [0.25, 0.3) is 5.69 Å². The van der Waals surface area contributed by atoms with Crippen LogP contribution in [0.3, 0.4) is 0 Å². The molecule has 2 aromatic rings. The summed E-state index contributed by atoms with van der Waals surface area (Å²) in [4.78, 5) is 14.5. The summed E-state index contributed by atoms with van der Waals surface area (Å²) >= 11 is 0. The number of fused-ring (bicyclic) bond motifs is 2. The van der Waals surface area contributed by atoms with E-state index in [9.17, 15) is 4.79 Å². The van der Waals surface area contributed by atoms with Crippen LogP contribution in [-0.2, 0) is 0 Å². The molecule has 2 saturated heterocycles. The second-order valence-electron chi connectivity index (χ2n) is 6.62. The van der Waals surface area contributed by atoms with E-state index in [1.54, 1.807) is 4.68 Å². The molecule has 1 aromatic carbocycles. The molecule has 2 atom stereocenters. The molecule has 0 spiro atoms. The monoisotopic (exact) mass is 311 g/mol. The highest BCUT2D eigenvalue weighted by Crippen LogP contribution is 2.38. The van der Waals surface area contributed by atoms with E-state index >= 15 is 0 Å². The molecule has 2 amide bonds. The number of anilines is 1. The highest BCUT2D eigenvalue weighted by Gasteiger charge is 2.44. The summed E-state index contributed by atoms with van der Waals surface area (Å²) in [5.74, 6) is 0. The van der Waals surface area contributed by atoms with E-state index in [4.69, 9.17) is 0 Å². The van der Waals surface area contributed by atoms with Crippen LogP contribution in [0.5, 0.6) is 0 Å². The van der Waals surface area contributed by atoms with Crippen LogP contribution in [-0.4, -0.2) is 38.0 Å². The fraction of sp³-hybridized carbons (Fsp3) is 0.471. The second kappa shape index (κ2) is 5.37. The average Bonchev–Trinajstić information content (AvgIpc) is 2.96. The Kier molecular flexibility index (Phi) is 3.32. The number of rotatable bonds is 2. The molecule has 0 saturated carbocycles. The summed E-state index contributed by atoms with van der Waals surface area (Å²) in [5.41, 5.74) is 3.70. The molecule has 3 heterocycles. The van der Waals surface area contributed by atoms with E-state index in [0.29, 0.717) is 12.1 Å². The predicted octanol–water partition coefficient (Wildman–Crippen LogP) is 3.04. The summed E-state index contributed by atoms with van der Waals surface area (Å²) in [6, 6.07) is 6.80. The molecule has 2 fully saturated rings. The Balaban J connectivity index is 1.54. The lowest BCUT2D eigenvalue weighted by atomic mass is 9.80. The smallest absolute Gasteiger partial charge is 0.318 e. The molecule has 23 heavy (non-hydrogen) atoms. The molecule has 0 aliphatic carbocycles. The highest BCUT2D eigenvalue weighted by molar-refractivity contribution is 5.90. The number of urea groups is 1. The molecule has 4 rings (SSSR count). The van der Waals surface area contributed by atoms with Gasteiger partial charge in [-0.1, -0.05) is 11.3 Å². The lowest BCUT2D eigenvalue weighted by molar-refractivity contribution is 0.0173. The largest absolute Gasteiger partial charge is 0.322 e. The van der Waals surface area contributed by atoms with Crippen molar-refractivity contribution >= 4 is 11.7 Å². The van der Waals surface area contributed by atoms with Gasteiger partial charge in [-0.3, -0.25) is 0 Å². The van der Waals surface area contributed by atoms with Crippen LogP contribution in [0.1, 0.15) is 36.9 Å². The van der Waals surface area contributed by atoms with Crippen molar-refractivity contribution in [2.45, 2.75) is 51.6 Å². The van der Waals surface area contributed by atoms with E-state index in [1.165, 1.54) is 12.8 Å². The molecule has 2 unspecified atom stereocenters. The fourth-order valence-corrected chi connectivity index (χ4v) is 3.72. The zero-order chi connectivity index (χ0) is 16.0. The van der Waals surface area contributed by atoms with Crippen molar-refractivity contribution in [3.05, 3.63) is 35.7 Å². The maximum absolute atomic E-state index is 12.5. The van der Waals surface area contributed by atoms with Crippen molar-refractivity contribution in [2.75, 3.05) is 5.32 Å². The minimum Gasteiger partial charge on any atom is -0.318 e. The van der Waals surface area contributed by atoms with Crippen molar-refractivity contribution in [1.29, 1.82) is 0 Å². The van der Waals surface area contributed by atoms with Crippen LogP contribution < -0.4 is 5.32 Å². The first-order valence-corrected chi connectivity index (χ1v) is 8.21. The molecule has 1 aromatic heterocycles. The number of hydrogen-bond acceptors (Lipinski definition) is 3. The van der Waals surface area contributed by atoms with Gasteiger partial charge in [0, 0.05) is 17.8 Å². The van der Waals surface area contributed by atoms with E-state index in [1.807, 2.05) is 43.1 Å². The highest BCUT2D eigenvalue weighted by atomic mass is 16.2. The van der Waals surface area contributed by atoms with E-state index in [0.717, 1.165) is 35.5 Å². The summed E-state index contributed by atoms with van der Waals surface area (Å²) in [7, 11) is 0. The normalized spacial score (nSPS) is 22.6. The molecule has 120 valence electrons. The van der Waals surface area contributed by atoms with Crippen LogP contribution in [0.4, 0.5) is 10.5 Å². The number of amides is 2. The number of aromatic nitrogens is 3. The standard InChI is InChI=1S/C17H21N5O/c1-11-6-7-13(8-16(11)21-10-12(2)19-20-21)18-17(23)22-14-4-3-5-15(22)9-14/h6-8,10,14-15H,3-5,9H2,1-2H3,(H,18,23). The number of benzene rings is 1. The Morgan fingerprint density at radius 1 is 1.26 bits per heavy atom. The zero-order valence-corrected chi connectivity index (χ0v) is 13.5. The van der Waals surface area contributed by atoms with Gasteiger partial charge in [-0.05, 0) is 57.2 Å².